The fourth-order valence-electron chi connectivity index (χ4n) is 3.48. The Labute approximate surface area is 163 Å². The molecule has 1 aliphatic rings. The summed E-state index contributed by atoms with van der Waals surface area (Å²) in [6.07, 6.45) is 2.54. The number of carbonyl (C=O) groups is 2. The quantitative estimate of drug-likeness (QED) is 0.746. The van der Waals surface area contributed by atoms with Crippen molar-refractivity contribution in [2.24, 2.45) is 0 Å². The minimum Gasteiger partial charge on any atom is -0.453 e. The van der Waals surface area contributed by atoms with Gasteiger partial charge in [0.05, 0.1) is 0 Å². The van der Waals surface area contributed by atoms with Gasteiger partial charge in [-0.1, -0.05) is 6.07 Å². The van der Waals surface area contributed by atoms with Crippen LogP contribution in [0.1, 0.15) is 48.0 Å². The number of ether oxygens (including phenoxy) is 1. The first-order chi connectivity index (χ1) is 13.3. The molecule has 7 heteroatoms. The van der Waals surface area contributed by atoms with Crippen LogP contribution in [0.2, 0.25) is 0 Å². The van der Waals surface area contributed by atoms with Gasteiger partial charge in [0.1, 0.15) is 5.82 Å². The SMILES string of the molecule is Cc1nc(C)c(CCC(=O)O[C@@H](C)C(=O)Nc2ccc3c(c2)CCC3)c(=O)[nH]1. The topological polar surface area (TPSA) is 101 Å². The maximum absolute atomic E-state index is 12.3. The summed E-state index contributed by atoms with van der Waals surface area (Å²) < 4.78 is 5.22. The zero-order valence-electron chi connectivity index (χ0n) is 16.4. The van der Waals surface area contributed by atoms with E-state index in [4.69, 9.17) is 4.74 Å². The summed E-state index contributed by atoms with van der Waals surface area (Å²) in [6.45, 7) is 4.97. The van der Waals surface area contributed by atoms with E-state index in [2.05, 4.69) is 15.3 Å². The van der Waals surface area contributed by atoms with Crippen LogP contribution in [-0.2, 0) is 33.6 Å². The average Bonchev–Trinajstić information content (AvgIpc) is 3.08. The van der Waals surface area contributed by atoms with Crippen molar-refractivity contribution >= 4 is 17.6 Å². The number of benzene rings is 1. The second-order valence-corrected chi connectivity index (χ2v) is 7.17. The molecular weight excluding hydrogens is 358 g/mol. The Hall–Kier alpha value is -2.96. The molecule has 1 aromatic carbocycles. The summed E-state index contributed by atoms with van der Waals surface area (Å²) >= 11 is 0. The molecule has 0 spiro atoms. The number of anilines is 1. The number of carbonyl (C=O) groups excluding carboxylic acids is 2. The number of nitrogens with zero attached hydrogens (tertiary/aromatic N) is 1. The van der Waals surface area contributed by atoms with Gasteiger partial charge in [0, 0.05) is 23.4 Å². The lowest BCUT2D eigenvalue weighted by atomic mass is 10.1. The van der Waals surface area contributed by atoms with E-state index in [0.29, 0.717) is 22.8 Å². The maximum Gasteiger partial charge on any atom is 0.306 e. The molecule has 1 aromatic heterocycles. The van der Waals surface area contributed by atoms with Crippen molar-refractivity contribution in [3.8, 4) is 0 Å². The number of aromatic amines is 1. The molecule has 1 heterocycles. The summed E-state index contributed by atoms with van der Waals surface area (Å²) in [5, 5.41) is 2.79. The number of rotatable bonds is 6. The second-order valence-electron chi connectivity index (χ2n) is 7.17. The number of hydrogen-bond donors (Lipinski definition) is 2. The van der Waals surface area contributed by atoms with Crippen molar-refractivity contribution in [1.29, 1.82) is 0 Å². The number of esters is 1. The molecule has 1 amide bonds. The molecule has 2 N–H and O–H groups in total. The molecule has 28 heavy (non-hydrogen) atoms. The molecular formula is C21H25N3O4. The number of H-pyrrole nitrogens is 1. The Morgan fingerprint density at radius 1 is 1.25 bits per heavy atom. The zero-order chi connectivity index (χ0) is 20.3. The smallest absolute Gasteiger partial charge is 0.306 e. The van der Waals surface area contributed by atoms with Crippen LogP contribution in [0.15, 0.2) is 23.0 Å². The monoisotopic (exact) mass is 383 g/mol. The van der Waals surface area contributed by atoms with E-state index in [1.54, 1.807) is 13.8 Å². The summed E-state index contributed by atoms with van der Waals surface area (Å²) in [7, 11) is 0. The molecule has 0 saturated heterocycles. The van der Waals surface area contributed by atoms with E-state index in [1.165, 1.54) is 18.1 Å². The third kappa shape index (κ3) is 4.65. The fourth-order valence-corrected chi connectivity index (χ4v) is 3.48. The molecule has 0 fully saturated rings. The van der Waals surface area contributed by atoms with E-state index in [1.807, 2.05) is 18.2 Å². The van der Waals surface area contributed by atoms with E-state index < -0.39 is 12.1 Å². The standard InChI is InChI=1S/C21H25N3O4/c1-12-18(21(27)23-14(3)22-12)9-10-19(25)28-13(2)20(26)24-17-8-7-15-5-4-6-16(15)11-17/h7-8,11,13H,4-6,9-10H2,1-3H3,(H,24,26)(H,22,23,27)/t13-/m0/s1. The van der Waals surface area contributed by atoms with Crippen LogP contribution in [0.5, 0.6) is 0 Å². The molecule has 0 aliphatic heterocycles. The van der Waals surface area contributed by atoms with Crippen molar-refractivity contribution in [3.05, 3.63) is 56.8 Å². The highest BCUT2D eigenvalue weighted by molar-refractivity contribution is 5.95. The van der Waals surface area contributed by atoms with Gasteiger partial charge in [-0.25, -0.2) is 4.98 Å². The van der Waals surface area contributed by atoms with Crippen LogP contribution in [0.3, 0.4) is 0 Å². The minimum absolute atomic E-state index is 0.00509. The highest BCUT2D eigenvalue weighted by atomic mass is 16.5. The summed E-state index contributed by atoms with van der Waals surface area (Å²) in [5.74, 6) is -0.376. The van der Waals surface area contributed by atoms with E-state index in [0.717, 1.165) is 19.3 Å². The van der Waals surface area contributed by atoms with Gasteiger partial charge in [-0.15, -0.1) is 0 Å². The predicted octanol–water partition coefficient (Wildman–Crippen LogP) is 2.38. The highest BCUT2D eigenvalue weighted by Crippen LogP contribution is 2.25. The lowest BCUT2D eigenvalue weighted by molar-refractivity contribution is -0.153. The number of hydrogen-bond acceptors (Lipinski definition) is 5. The molecule has 1 atom stereocenters. The largest absolute Gasteiger partial charge is 0.453 e. The van der Waals surface area contributed by atoms with E-state index in [9.17, 15) is 14.4 Å². The number of aryl methyl sites for hydroxylation is 4. The maximum atomic E-state index is 12.3. The van der Waals surface area contributed by atoms with Crippen molar-refractivity contribution in [1.82, 2.24) is 9.97 Å². The second kappa shape index (κ2) is 8.37. The third-order valence-electron chi connectivity index (χ3n) is 4.96. The lowest BCUT2D eigenvalue weighted by Gasteiger charge is -2.14. The van der Waals surface area contributed by atoms with Crippen LogP contribution < -0.4 is 10.9 Å². The number of amides is 1. The van der Waals surface area contributed by atoms with Crippen molar-refractivity contribution < 1.29 is 14.3 Å². The van der Waals surface area contributed by atoms with Crippen LogP contribution in [-0.4, -0.2) is 27.9 Å². The number of nitrogens with one attached hydrogen (secondary N) is 2. The van der Waals surface area contributed by atoms with Crippen molar-refractivity contribution in [3.63, 3.8) is 0 Å². The van der Waals surface area contributed by atoms with Crippen LogP contribution in [0.25, 0.3) is 0 Å². The molecule has 2 aromatic rings. The molecule has 7 nitrogen and oxygen atoms in total. The van der Waals surface area contributed by atoms with Gasteiger partial charge in [0.15, 0.2) is 6.10 Å². The van der Waals surface area contributed by atoms with Gasteiger partial charge in [-0.3, -0.25) is 14.4 Å². The average molecular weight is 383 g/mol. The Morgan fingerprint density at radius 3 is 2.75 bits per heavy atom. The minimum atomic E-state index is -0.920. The first-order valence-electron chi connectivity index (χ1n) is 9.52. The normalized spacial score (nSPS) is 13.7. The Bertz CT molecular complexity index is 965. The highest BCUT2D eigenvalue weighted by Gasteiger charge is 2.19. The Morgan fingerprint density at radius 2 is 2.00 bits per heavy atom. The Kier molecular flexibility index (Phi) is 5.92. The van der Waals surface area contributed by atoms with Crippen LogP contribution in [0, 0.1) is 13.8 Å². The fraction of sp³-hybridized carbons (Fsp3) is 0.429. The molecule has 3 rings (SSSR count). The zero-order valence-corrected chi connectivity index (χ0v) is 16.4. The van der Waals surface area contributed by atoms with Crippen molar-refractivity contribution in [2.45, 2.75) is 59.0 Å². The molecule has 0 saturated carbocycles. The molecule has 0 unspecified atom stereocenters. The van der Waals surface area contributed by atoms with Gasteiger partial charge in [-0.05, 0) is 69.7 Å². The van der Waals surface area contributed by atoms with Gasteiger partial charge in [0.25, 0.3) is 11.5 Å². The van der Waals surface area contributed by atoms with E-state index in [-0.39, 0.29) is 24.3 Å². The summed E-state index contributed by atoms with van der Waals surface area (Å²) in [5.41, 5.74) is 4.10. The third-order valence-corrected chi connectivity index (χ3v) is 4.96. The summed E-state index contributed by atoms with van der Waals surface area (Å²) in [6, 6.07) is 5.88. The van der Waals surface area contributed by atoms with Crippen LogP contribution in [0.4, 0.5) is 5.69 Å². The first kappa shape index (κ1) is 19.8. The lowest BCUT2D eigenvalue weighted by Crippen LogP contribution is -2.30. The van der Waals surface area contributed by atoms with Crippen LogP contribution >= 0.6 is 0 Å². The van der Waals surface area contributed by atoms with Gasteiger partial charge in [0.2, 0.25) is 0 Å². The van der Waals surface area contributed by atoms with Crippen molar-refractivity contribution in [2.75, 3.05) is 5.32 Å². The number of aromatic nitrogens is 2. The first-order valence-corrected chi connectivity index (χ1v) is 9.52. The molecule has 0 bridgehead atoms. The molecule has 0 radical (unpaired) electrons. The van der Waals surface area contributed by atoms with Gasteiger partial charge in [-0.2, -0.15) is 0 Å². The molecule has 1 aliphatic carbocycles. The summed E-state index contributed by atoms with van der Waals surface area (Å²) in [4.78, 5) is 43.2. The van der Waals surface area contributed by atoms with E-state index >= 15 is 0 Å². The Balaban J connectivity index is 1.52. The van der Waals surface area contributed by atoms with Gasteiger partial charge >= 0.3 is 5.97 Å². The molecule has 148 valence electrons. The van der Waals surface area contributed by atoms with Gasteiger partial charge < -0.3 is 15.0 Å². The number of fused-ring (bicyclic) bond motifs is 1. The predicted molar refractivity (Wildman–Crippen MR) is 105 cm³/mol.